The summed E-state index contributed by atoms with van der Waals surface area (Å²) in [4.78, 5) is 0. The molecule has 1 aliphatic carbocycles. The Hall–Kier alpha value is -0.0188. The molecular weight excluding hydrogens is 459 g/mol. The summed E-state index contributed by atoms with van der Waals surface area (Å²) in [5.74, 6) is 0.663. The first-order valence-electron chi connectivity index (χ1n) is 9.63. The van der Waals surface area contributed by atoms with Crippen molar-refractivity contribution in [2.45, 2.75) is 59.3 Å². The van der Waals surface area contributed by atoms with Crippen LogP contribution in [0.25, 0.3) is 5.20 Å². The molecule has 3 rings (SSSR count). The zero-order valence-corrected chi connectivity index (χ0v) is 22.5. The Kier molecular flexibility index (Phi) is 12.6. The fourth-order valence-electron chi connectivity index (χ4n) is 4.34. The minimum atomic E-state index is -0.446. The van der Waals surface area contributed by atoms with E-state index >= 15 is 0 Å². The largest absolute Gasteiger partial charge is 1.00 e. The predicted octanol–water partition coefficient (Wildman–Crippen LogP) is -3.99. The SMILES string of the molecule is CCCCCC1[C]([Ti+3])=C([SiH2]c2c(C)cc(C)cc2C)c2ccccc21.[Cl-].[Cl-].[Cl-]. The molecule has 0 amide bonds. The maximum atomic E-state index is 2.41. The second kappa shape index (κ2) is 12.6. The molecular formula is C23H29Cl3SiTi. The van der Waals surface area contributed by atoms with Crippen LogP contribution in [0, 0.1) is 20.8 Å². The average molecular weight is 488 g/mol. The Bertz CT molecular complexity index is 794. The molecule has 0 saturated heterocycles. The van der Waals surface area contributed by atoms with Crippen LogP contribution in [0.3, 0.4) is 0 Å². The van der Waals surface area contributed by atoms with E-state index in [0.717, 1.165) is 0 Å². The summed E-state index contributed by atoms with van der Waals surface area (Å²) < 4.78 is 1.67. The van der Waals surface area contributed by atoms with E-state index in [1.165, 1.54) is 42.4 Å². The van der Waals surface area contributed by atoms with Gasteiger partial charge in [-0.1, -0.05) is 0 Å². The molecule has 0 saturated carbocycles. The summed E-state index contributed by atoms with van der Waals surface area (Å²) in [6, 6.07) is 13.9. The molecule has 1 unspecified atom stereocenters. The van der Waals surface area contributed by atoms with Crippen LogP contribution in [0.5, 0.6) is 0 Å². The standard InChI is InChI=1S/C23H29Si.3ClH.Ti/c1-5-6-7-10-19-15-22(21-12-9-8-11-20(19)21)24-23-17(3)13-16(2)14-18(23)4;;;;/h8-9,11-14,19H,5-7,10,24H2,1-4H3;3*1H;/q;;;;+3/p-3. The summed E-state index contributed by atoms with van der Waals surface area (Å²) in [5.41, 5.74) is 7.55. The molecule has 28 heavy (non-hydrogen) atoms. The molecule has 0 aromatic heterocycles. The topological polar surface area (TPSA) is 0 Å². The van der Waals surface area contributed by atoms with Gasteiger partial charge >= 0.3 is 168 Å². The molecule has 0 aliphatic heterocycles. The third-order valence-corrected chi connectivity index (χ3v) is 9.78. The van der Waals surface area contributed by atoms with Gasteiger partial charge in [0.15, 0.2) is 0 Å². The molecule has 0 N–H and O–H groups in total. The fraction of sp³-hybridized carbons (Fsp3) is 0.391. The first-order chi connectivity index (χ1) is 12.0. The van der Waals surface area contributed by atoms with Crippen molar-refractivity contribution >= 4 is 19.9 Å². The van der Waals surface area contributed by atoms with Gasteiger partial charge in [0.05, 0.1) is 0 Å². The van der Waals surface area contributed by atoms with Crippen molar-refractivity contribution in [1.82, 2.24) is 0 Å². The van der Waals surface area contributed by atoms with Crippen LogP contribution >= 0.6 is 0 Å². The van der Waals surface area contributed by atoms with E-state index < -0.39 is 9.52 Å². The van der Waals surface area contributed by atoms with Gasteiger partial charge in [-0.25, -0.2) is 0 Å². The first kappa shape index (κ1) is 28.0. The average Bonchev–Trinajstić information content (AvgIpc) is 2.83. The molecule has 2 aromatic carbocycles. The number of rotatable bonds is 6. The molecule has 2 aromatic rings. The molecule has 150 valence electrons. The first-order valence-corrected chi connectivity index (χ1v) is 11.8. The molecule has 0 bridgehead atoms. The number of hydrogen-bond donors (Lipinski definition) is 0. The monoisotopic (exact) mass is 486 g/mol. The predicted molar refractivity (Wildman–Crippen MR) is 109 cm³/mol. The number of aryl methyl sites for hydroxylation is 3. The molecule has 5 heteroatoms. The zero-order chi connectivity index (χ0) is 18.0. The van der Waals surface area contributed by atoms with Gasteiger partial charge in [-0.2, -0.15) is 0 Å². The van der Waals surface area contributed by atoms with Crippen molar-refractivity contribution in [3.8, 4) is 0 Å². The van der Waals surface area contributed by atoms with Crippen molar-refractivity contribution in [3.63, 3.8) is 0 Å². The van der Waals surface area contributed by atoms with Gasteiger partial charge in [-0.05, 0) is 0 Å². The summed E-state index contributed by atoms with van der Waals surface area (Å²) >= 11 is 2.41. The van der Waals surface area contributed by atoms with Crippen LogP contribution < -0.4 is 42.4 Å². The minimum absolute atomic E-state index is 0. The van der Waals surface area contributed by atoms with Crippen molar-refractivity contribution < 1.29 is 57.7 Å². The number of benzene rings is 2. The maximum absolute atomic E-state index is 2.41. The van der Waals surface area contributed by atoms with Gasteiger partial charge in [-0.3, -0.25) is 0 Å². The van der Waals surface area contributed by atoms with Crippen molar-refractivity contribution in [2.75, 3.05) is 0 Å². The number of unbranched alkanes of at least 4 members (excludes halogenated alkanes) is 2. The second-order valence-corrected chi connectivity index (χ2v) is 10.2. The third kappa shape index (κ3) is 6.00. The van der Waals surface area contributed by atoms with Crippen LogP contribution in [-0.4, -0.2) is 9.52 Å². The fourth-order valence-corrected chi connectivity index (χ4v) is 7.50. The summed E-state index contributed by atoms with van der Waals surface area (Å²) in [6.07, 6.45) is 5.33. The number of fused-ring (bicyclic) bond motifs is 1. The van der Waals surface area contributed by atoms with E-state index in [4.69, 9.17) is 0 Å². The van der Waals surface area contributed by atoms with Gasteiger partial charge in [0.1, 0.15) is 0 Å². The van der Waals surface area contributed by atoms with Crippen molar-refractivity contribution in [3.05, 3.63) is 68.1 Å². The van der Waals surface area contributed by atoms with E-state index in [9.17, 15) is 0 Å². The van der Waals surface area contributed by atoms with Gasteiger partial charge in [0.2, 0.25) is 0 Å². The summed E-state index contributed by atoms with van der Waals surface area (Å²) in [6.45, 7) is 9.12. The Morgan fingerprint density at radius 2 is 1.54 bits per heavy atom. The van der Waals surface area contributed by atoms with Gasteiger partial charge in [0.25, 0.3) is 0 Å². The van der Waals surface area contributed by atoms with E-state index in [0.29, 0.717) is 5.92 Å². The molecule has 0 heterocycles. The van der Waals surface area contributed by atoms with Gasteiger partial charge in [-0.15, -0.1) is 0 Å². The minimum Gasteiger partial charge on any atom is -1.00 e. The van der Waals surface area contributed by atoms with Crippen LogP contribution in [0.1, 0.15) is 66.3 Å². The van der Waals surface area contributed by atoms with Crippen LogP contribution in [-0.2, 0) is 20.4 Å². The molecule has 1 aliphatic rings. The normalized spacial score (nSPS) is 15.1. The summed E-state index contributed by atoms with van der Waals surface area (Å²) in [7, 11) is -0.446. The Labute approximate surface area is 203 Å². The molecule has 1 atom stereocenters. The van der Waals surface area contributed by atoms with Gasteiger partial charge in [0, 0.05) is 0 Å². The van der Waals surface area contributed by atoms with E-state index in [1.54, 1.807) is 25.4 Å². The molecule has 0 spiro atoms. The van der Waals surface area contributed by atoms with Crippen LogP contribution in [0.15, 0.2) is 40.3 Å². The third-order valence-electron chi connectivity index (χ3n) is 5.63. The number of hydrogen-bond acceptors (Lipinski definition) is 0. The molecule has 0 radical (unpaired) electrons. The smallest absolute Gasteiger partial charge is 1.00 e. The van der Waals surface area contributed by atoms with Crippen molar-refractivity contribution in [2.24, 2.45) is 0 Å². The van der Waals surface area contributed by atoms with E-state index in [1.807, 2.05) is 0 Å². The maximum Gasteiger partial charge on any atom is -1.00 e. The van der Waals surface area contributed by atoms with Crippen LogP contribution in [0.4, 0.5) is 0 Å². The van der Waals surface area contributed by atoms with Gasteiger partial charge < -0.3 is 37.2 Å². The Morgan fingerprint density at radius 1 is 0.929 bits per heavy atom. The molecule has 0 nitrogen and oxygen atoms in total. The van der Waals surface area contributed by atoms with Crippen LogP contribution in [0.2, 0.25) is 0 Å². The Morgan fingerprint density at radius 3 is 2.14 bits per heavy atom. The van der Waals surface area contributed by atoms with E-state index in [-0.39, 0.29) is 37.2 Å². The zero-order valence-electron chi connectivity index (χ0n) is 17.2. The number of allylic oxidation sites excluding steroid dienone is 1. The Balaban J connectivity index is 0.00000243. The van der Waals surface area contributed by atoms with Crippen molar-refractivity contribution in [1.29, 1.82) is 0 Å². The summed E-state index contributed by atoms with van der Waals surface area (Å²) in [5, 5.41) is 3.37. The molecule has 0 fully saturated rings. The number of halogens is 3. The second-order valence-electron chi connectivity index (χ2n) is 7.58. The van der Waals surface area contributed by atoms with E-state index in [2.05, 4.69) is 84.5 Å². The quantitative estimate of drug-likeness (QED) is 0.288.